The molecule has 0 atom stereocenters. The smallest absolute Gasteiger partial charge is 0.317 e. The van der Waals surface area contributed by atoms with E-state index in [0.29, 0.717) is 15.8 Å². The van der Waals surface area contributed by atoms with Gasteiger partial charge in [0.15, 0.2) is 0 Å². The molecule has 1 heterocycles. The van der Waals surface area contributed by atoms with E-state index in [-0.39, 0.29) is 24.5 Å². The van der Waals surface area contributed by atoms with Crippen molar-refractivity contribution >= 4 is 34.8 Å². The van der Waals surface area contributed by atoms with E-state index in [2.05, 4.69) is 5.32 Å². The van der Waals surface area contributed by atoms with Crippen LogP contribution in [0.4, 0.5) is 0 Å². The van der Waals surface area contributed by atoms with Crippen molar-refractivity contribution in [1.29, 1.82) is 0 Å². The molecule has 1 saturated carbocycles. The lowest BCUT2D eigenvalue weighted by Crippen LogP contribution is -2.54. The summed E-state index contributed by atoms with van der Waals surface area (Å²) in [7, 11) is 0. The molecule has 1 fully saturated rings. The summed E-state index contributed by atoms with van der Waals surface area (Å²) < 4.78 is 0.597. The van der Waals surface area contributed by atoms with Gasteiger partial charge in [0.2, 0.25) is 0 Å². The Hall–Kier alpha value is -1.11. The summed E-state index contributed by atoms with van der Waals surface area (Å²) in [4.78, 5) is 25.2. The number of aliphatic carboxylic acids is 1. The Bertz CT molecular complexity index is 500. The SMILES string of the molecule is CCN(CC(=O)O)C1CC(NC(=O)c2ccc(Cl)s2)C1. The highest BCUT2D eigenvalue weighted by Gasteiger charge is 2.34. The summed E-state index contributed by atoms with van der Waals surface area (Å²) in [5.74, 6) is -0.917. The predicted molar refractivity (Wildman–Crippen MR) is 78.5 cm³/mol. The zero-order valence-corrected chi connectivity index (χ0v) is 12.7. The van der Waals surface area contributed by atoms with Gasteiger partial charge in [0.1, 0.15) is 0 Å². The third-order valence-corrected chi connectivity index (χ3v) is 4.74. The fourth-order valence-electron chi connectivity index (χ4n) is 2.37. The molecule has 0 saturated heterocycles. The summed E-state index contributed by atoms with van der Waals surface area (Å²) >= 11 is 7.05. The fraction of sp³-hybridized carbons (Fsp3) is 0.538. The Morgan fingerprint density at radius 3 is 2.70 bits per heavy atom. The van der Waals surface area contributed by atoms with Crippen LogP contribution >= 0.6 is 22.9 Å². The van der Waals surface area contributed by atoms with Crippen molar-refractivity contribution in [3.8, 4) is 0 Å². The van der Waals surface area contributed by atoms with E-state index in [1.165, 1.54) is 11.3 Å². The van der Waals surface area contributed by atoms with Crippen molar-refractivity contribution in [3.05, 3.63) is 21.3 Å². The molecule has 1 aromatic rings. The molecule has 0 aliphatic heterocycles. The summed E-state index contributed by atoms with van der Waals surface area (Å²) in [6.45, 7) is 2.71. The van der Waals surface area contributed by atoms with Crippen LogP contribution < -0.4 is 5.32 Å². The fourth-order valence-corrected chi connectivity index (χ4v) is 3.32. The van der Waals surface area contributed by atoms with Crippen LogP contribution in [-0.4, -0.2) is 47.1 Å². The number of hydrogen-bond donors (Lipinski definition) is 2. The number of amides is 1. The Morgan fingerprint density at radius 1 is 1.50 bits per heavy atom. The van der Waals surface area contributed by atoms with Gasteiger partial charge in [0.25, 0.3) is 5.91 Å². The first-order valence-electron chi connectivity index (χ1n) is 6.51. The van der Waals surface area contributed by atoms with E-state index in [1.54, 1.807) is 12.1 Å². The number of thiophene rings is 1. The van der Waals surface area contributed by atoms with Gasteiger partial charge in [-0.25, -0.2) is 0 Å². The minimum atomic E-state index is -0.812. The Kier molecular flexibility index (Phi) is 5.01. The van der Waals surface area contributed by atoms with Crippen molar-refractivity contribution in [2.45, 2.75) is 31.8 Å². The molecule has 2 rings (SSSR count). The van der Waals surface area contributed by atoms with Gasteiger partial charge >= 0.3 is 5.97 Å². The maximum Gasteiger partial charge on any atom is 0.317 e. The van der Waals surface area contributed by atoms with Crippen LogP contribution in [0, 0.1) is 0 Å². The molecule has 2 N–H and O–H groups in total. The molecule has 0 bridgehead atoms. The largest absolute Gasteiger partial charge is 0.480 e. The minimum absolute atomic E-state index is 0.0579. The van der Waals surface area contributed by atoms with Gasteiger partial charge in [-0.05, 0) is 31.5 Å². The topological polar surface area (TPSA) is 69.6 Å². The van der Waals surface area contributed by atoms with E-state index in [4.69, 9.17) is 16.7 Å². The average Bonchev–Trinajstić information content (AvgIpc) is 2.77. The van der Waals surface area contributed by atoms with Crippen molar-refractivity contribution in [1.82, 2.24) is 10.2 Å². The quantitative estimate of drug-likeness (QED) is 0.843. The van der Waals surface area contributed by atoms with Crippen LogP contribution in [-0.2, 0) is 4.79 Å². The highest BCUT2D eigenvalue weighted by Crippen LogP contribution is 2.27. The monoisotopic (exact) mass is 316 g/mol. The van der Waals surface area contributed by atoms with Crippen LogP contribution in [0.3, 0.4) is 0 Å². The lowest BCUT2D eigenvalue weighted by atomic mass is 9.85. The number of hydrogen-bond acceptors (Lipinski definition) is 4. The lowest BCUT2D eigenvalue weighted by Gasteiger charge is -2.42. The molecule has 1 aliphatic carbocycles. The summed E-state index contributed by atoms with van der Waals surface area (Å²) in [6.07, 6.45) is 1.60. The van der Waals surface area contributed by atoms with Gasteiger partial charge in [-0.2, -0.15) is 0 Å². The molecule has 20 heavy (non-hydrogen) atoms. The Morgan fingerprint density at radius 2 is 2.20 bits per heavy atom. The minimum Gasteiger partial charge on any atom is -0.480 e. The molecule has 1 amide bonds. The second kappa shape index (κ2) is 6.56. The average molecular weight is 317 g/mol. The highest BCUT2D eigenvalue weighted by atomic mass is 35.5. The second-order valence-corrected chi connectivity index (χ2v) is 6.57. The Balaban J connectivity index is 1.78. The first kappa shape index (κ1) is 15.3. The Labute approximate surface area is 126 Å². The van der Waals surface area contributed by atoms with Gasteiger partial charge in [-0.1, -0.05) is 18.5 Å². The molecule has 1 aromatic heterocycles. The molecule has 0 radical (unpaired) electrons. The van der Waals surface area contributed by atoms with Crippen LogP contribution in [0.15, 0.2) is 12.1 Å². The standard InChI is InChI=1S/C13H17ClN2O3S/c1-2-16(7-12(17)18)9-5-8(6-9)15-13(19)10-3-4-11(14)20-10/h3-4,8-9H,2,5-7H2,1H3,(H,15,19)(H,17,18). The van der Waals surface area contributed by atoms with E-state index >= 15 is 0 Å². The number of nitrogens with one attached hydrogen (secondary N) is 1. The third-order valence-electron chi connectivity index (χ3n) is 3.51. The highest BCUT2D eigenvalue weighted by molar-refractivity contribution is 7.17. The maximum atomic E-state index is 11.9. The van der Waals surface area contributed by atoms with Gasteiger partial charge < -0.3 is 10.4 Å². The molecule has 7 heteroatoms. The normalized spacial score (nSPS) is 21.6. The molecule has 1 aliphatic rings. The molecule has 0 aromatic carbocycles. The molecule has 110 valence electrons. The number of rotatable bonds is 6. The van der Waals surface area contributed by atoms with Gasteiger partial charge in [0.05, 0.1) is 15.8 Å². The zero-order valence-electron chi connectivity index (χ0n) is 11.1. The second-order valence-electron chi connectivity index (χ2n) is 4.86. The van der Waals surface area contributed by atoms with Crippen molar-refractivity contribution < 1.29 is 14.7 Å². The molecule has 5 nitrogen and oxygen atoms in total. The van der Waals surface area contributed by atoms with Crippen LogP contribution in [0.2, 0.25) is 4.34 Å². The molecular formula is C13H17ClN2O3S. The van der Waals surface area contributed by atoms with Gasteiger partial charge in [-0.3, -0.25) is 14.5 Å². The van der Waals surface area contributed by atoms with Crippen molar-refractivity contribution in [2.24, 2.45) is 0 Å². The maximum absolute atomic E-state index is 11.9. The molecular weight excluding hydrogens is 300 g/mol. The summed E-state index contributed by atoms with van der Waals surface area (Å²) in [5.41, 5.74) is 0. The molecule has 0 spiro atoms. The predicted octanol–water partition coefficient (Wildman–Crippen LogP) is 2.07. The van der Waals surface area contributed by atoms with E-state index in [1.807, 2.05) is 11.8 Å². The van der Waals surface area contributed by atoms with Crippen LogP contribution in [0.1, 0.15) is 29.4 Å². The number of nitrogens with zero attached hydrogens (tertiary/aromatic N) is 1. The summed E-state index contributed by atoms with van der Waals surface area (Å²) in [6, 6.07) is 3.78. The third kappa shape index (κ3) is 3.71. The number of likely N-dealkylation sites (N-methyl/N-ethyl adjacent to an activating group) is 1. The van der Waals surface area contributed by atoms with Crippen LogP contribution in [0.25, 0.3) is 0 Å². The number of carboxylic acid groups (broad SMARTS) is 1. The van der Waals surface area contributed by atoms with Crippen LogP contribution in [0.5, 0.6) is 0 Å². The first-order chi connectivity index (χ1) is 9.49. The summed E-state index contributed by atoms with van der Waals surface area (Å²) in [5, 5.41) is 11.8. The number of halogens is 1. The van der Waals surface area contributed by atoms with E-state index in [9.17, 15) is 9.59 Å². The van der Waals surface area contributed by atoms with Gasteiger partial charge in [0, 0.05) is 12.1 Å². The number of carboxylic acids is 1. The van der Waals surface area contributed by atoms with Gasteiger partial charge in [-0.15, -0.1) is 11.3 Å². The number of carbonyl (C=O) groups excluding carboxylic acids is 1. The van der Waals surface area contributed by atoms with E-state index < -0.39 is 5.97 Å². The zero-order chi connectivity index (χ0) is 14.7. The van der Waals surface area contributed by atoms with Crippen molar-refractivity contribution in [2.75, 3.05) is 13.1 Å². The molecule has 0 unspecified atom stereocenters. The lowest BCUT2D eigenvalue weighted by molar-refractivity contribution is -0.139. The first-order valence-corrected chi connectivity index (χ1v) is 7.71. The number of carbonyl (C=O) groups is 2. The van der Waals surface area contributed by atoms with E-state index in [0.717, 1.165) is 12.8 Å². The van der Waals surface area contributed by atoms with Crippen molar-refractivity contribution in [3.63, 3.8) is 0 Å².